The third-order valence-electron chi connectivity index (χ3n) is 3.12. The van der Waals surface area contributed by atoms with Gasteiger partial charge in [0.2, 0.25) is 0 Å². The topological polar surface area (TPSA) is 26.3 Å². The molecule has 5 heteroatoms. The monoisotopic (exact) mass is 252 g/mol. The Morgan fingerprint density at radius 3 is 2.18 bits per heavy atom. The molecule has 0 aromatic heterocycles. The highest BCUT2D eigenvalue weighted by atomic mass is 19.4. The average molecular weight is 252 g/mol. The Morgan fingerprint density at radius 2 is 1.82 bits per heavy atom. The van der Waals surface area contributed by atoms with Gasteiger partial charge in [0.15, 0.2) is 0 Å². The number of carbonyl (C=O) groups is 1. The molecule has 0 radical (unpaired) electrons. The molecule has 0 N–H and O–H groups in total. The molecular weight excluding hydrogens is 233 g/mol. The van der Waals surface area contributed by atoms with Crippen molar-refractivity contribution in [3.8, 4) is 0 Å². The summed E-state index contributed by atoms with van der Waals surface area (Å²) in [6, 6.07) is 0. The fourth-order valence-corrected chi connectivity index (χ4v) is 2.50. The maximum absolute atomic E-state index is 12.1. The third kappa shape index (κ3) is 3.98. The fourth-order valence-electron chi connectivity index (χ4n) is 2.50. The Kier molecular flexibility index (Phi) is 3.63. The zero-order valence-corrected chi connectivity index (χ0v) is 10.6. The average Bonchev–Trinajstić information content (AvgIpc) is 2.29. The van der Waals surface area contributed by atoms with Gasteiger partial charge >= 0.3 is 6.18 Å². The highest BCUT2D eigenvalue weighted by Gasteiger charge is 2.49. The third-order valence-corrected chi connectivity index (χ3v) is 3.12. The first-order chi connectivity index (χ1) is 7.43. The van der Waals surface area contributed by atoms with Crippen molar-refractivity contribution < 1.29 is 22.7 Å². The lowest BCUT2D eigenvalue weighted by atomic mass is 9.82. The number of carbonyl (C=O) groups excluding carboxylic acids is 1. The van der Waals surface area contributed by atoms with Crippen LogP contribution in [0.15, 0.2) is 0 Å². The van der Waals surface area contributed by atoms with Crippen LogP contribution in [0.4, 0.5) is 13.2 Å². The molecule has 0 amide bonds. The van der Waals surface area contributed by atoms with E-state index in [-0.39, 0.29) is 5.78 Å². The van der Waals surface area contributed by atoms with Crippen molar-refractivity contribution in [2.75, 3.05) is 0 Å². The largest absolute Gasteiger partial charge is 0.389 e. The van der Waals surface area contributed by atoms with Crippen LogP contribution in [0, 0.1) is 5.92 Å². The molecule has 100 valence electrons. The summed E-state index contributed by atoms with van der Waals surface area (Å²) >= 11 is 0. The van der Waals surface area contributed by atoms with Crippen LogP contribution in [0.1, 0.15) is 47.0 Å². The number of hydrogen-bond donors (Lipinski definition) is 0. The van der Waals surface area contributed by atoms with Crippen LogP contribution in [0.5, 0.6) is 0 Å². The molecule has 1 rings (SSSR count). The van der Waals surface area contributed by atoms with Crippen molar-refractivity contribution in [2.24, 2.45) is 5.92 Å². The Balaban J connectivity index is 2.64. The highest BCUT2D eigenvalue weighted by Crippen LogP contribution is 2.43. The second-order valence-corrected chi connectivity index (χ2v) is 5.80. The first-order valence-electron chi connectivity index (χ1n) is 5.73. The van der Waals surface area contributed by atoms with Crippen molar-refractivity contribution in [2.45, 2.75) is 64.3 Å². The van der Waals surface area contributed by atoms with Crippen LogP contribution in [0.2, 0.25) is 0 Å². The minimum absolute atomic E-state index is 0.349. The minimum atomic E-state index is -4.27. The van der Waals surface area contributed by atoms with Crippen molar-refractivity contribution in [3.63, 3.8) is 0 Å². The highest BCUT2D eigenvalue weighted by molar-refractivity contribution is 5.82. The van der Waals surface area contributed by atoms with Gasteiger partial charge in [0.25, 0.3) is 0 Å². The van der Waals surface area contributed by atoms with Crippen LogP contribution >= 0.6 is 0 Å². The first kappa shape index (κ1) is 14.5. The van der Waals surface area contributed by atoms with E-state index in [1.165, 1.54) is 0 Å². The fraction of sp³-hybridized carbons (Fsp3) is 0.917. The van der Waals surface area contributed by atoms with Gasteiger partial charge in [-0.05, 0) is 34.1 Å². The molecule has 0 bridgehead atoms. The van der Waals surface area contributed by atoms with Gasteiger partial charge in [-0.2, -0.15) is 13.2 Å². The van der Waals surface area contributed by atoms with Crippen LogP contribution in [-0.2, 0) is 9.53 Å². The molecule has 0 spiro atoms. The Morgan fingerprint density at radius 1 is 1.29 bits per heavy atom. The van der Waals surface area contributed by atoms with Crippen LogP contribution in [0.3, 0.4) is 0 Å². The number of alkyl halides is 3. The molecular formula is C12H19F3O2. The zero-order valence-electron chi connectivity index (χ0n) is 10.6. The predicted molar refractivity (Wildman–Crippen MR) is 57.6 cm³/mol. The van der Waals surface area contributed by atoms with Gasteiger partial charge in [-0.15, -0.1) is 0 Å². The maximum Gasteiger partial charge on any atom is 0.389 e. The van der Waals surface area contributed by atoms with Crippen LogP contribution < -0.4 is 0 Å². The molecule has 1 fully saturated rings. The van der Waals surface area contributed by atoms with E-state index in [0.29, 0.717) is 6.42 Å². The van der Waals surface area contributed by atoms with E-state index in [1.807, 2.05) is 13.8 Å². The van der Waals surface area contributed by atoms with Crippen molar-refractivity contribution in [1.82, 2.24) is 0 Å². The molecule has 1 saturated heterocycles. The molecule has 0 saturated carbocycles. The lowest BCUT2D eigenvalue weighted by Gasteiger charge is -2.26. The number of hydrogen-bond acceptors (Lipinski definition) is 2. The van der Waals surface area contributed by atoms with Crippen molar-refractivity contribution >= 4 is 5.78 Å². The molecule has 0 aromatic carbocycles. The molecule has 0 aromatic rings. The summed E-state index contributed by atoms with van der Waals surface area (Å²) in [7, 11) is 0. The van der Waals surface area contributed by atoms with Gasteiger partial charge in [0.05, 0.1) is 17.6 Å². The van der Waals surface area contributed by atoms with E-state index >= 15 is 0 Å². The van der Waals surface area contributed by atoms with Gasteiger partial charge in [0, 0.05) is 12.3 Å². The number of rotatable bonds is 3. The van der Waals surface area contributed by atoms with Crippen LogP contribution in [-0.4, -0.2) is 23.2 Å². The summed E-state index contributed by atoms with van der Waals surface area (Å²) in [4.78, 5) is 11.8. The molecule has 0 aliphatic carbocycles. The molecule has 1 unspecified atom stereocenters. The normalized spacial score (nSPS) is 27.1. The second kappa shape index (κ2) is 4.26. The summed E-state index contributed by atoms with van der Waals surface area (Å²) in [5, 5.41) is 0. The molecule has 1 aliphatic heterocycles. The maximum atomic E-state index is 12.1. The van der Waals surface area contributed by atoms with E-state index < -0.39 is 36.1 Å². The standard InChI is InChI=1S/C12H19F3O2/c1-10(2)7-8(11(3,4)17-10)9(16)5-6-12(13,14)15/h8H,5-7H2,1-4H3. The number of ether oxygens (including phenoxy) is 1. The number of halogens is 3. The first-order valence-corrected chi connectivity index (χ1v) is 5.73. The van der Waals surface area contributed by atoms with E-state index in [9.17, 15) is 18.0 Å². The summed E-state index contributed by atoms with van der Waals surface area (Å²) < 4.78 is 41.9. The van der Waals surface area contributed by atoms with Crippen molar-refractivity contribution in [1.29, 1.82) is 0 Å². The zero-order chi connectivity index (χ0) is 13.5. The molecule has 1 atom stereocenters. The van der Waals surface area contributed by atoms with Gasteiger partial charge in [-0.1, -0.05) is 0 Å². The van der Waals surface area contributed by atoms with Gasteiger partial charge in [-0.25, -0.2) is 0 Å². The molecule has 1 heterocycles. The molecule has 17 heavy (non-hydrogen) atoms. The molecule has 1 aliphatic rings. The Bertz CT molecular complexity index is 305. The number of ketones is 1. The van der Waals surface area contributed by atoms with E-state index in [0.717, 1.165) is 0 Å². The van der Waals surface area contributed by atoms with Crippen molar-refractivity contribution in [3.05, 3.63) is 0 Å². The van der Waals surface area contributed by atoms with Gasteiger partial charge < -0.3 is 4.74 Å². The quantitative estimate of drug-likeness (QED) is 0.768. The summed E-state index contributed by atoms with van der Waals surface area (Å²) in [5.41, 5.74) is -1.12. The Labute approximate surface area is 99.5 Å². The van der Waals surface area contributed by atoms with E-state index in [1.54, 1.807) is 13.8 Å². The smallest absolute Gasteiger partial charge is 0.369 e. The summed E-state index contributed by atoms with van der Waals surface area (Å²) in [6.45, 7) is 7.23. The van der Waals surface area contributed by atoms with Crippen LogP contribution in [0.25, 0.3) is 0 Å². The number of Topliss-reactive ketones (excluding diaryl/α,β-unsaturated/α-hetero) is 1. The lowest BCUT2D eigenvalue weighted by Crippen LogP contribution is -2.34. The Hall–Kier alpha value is -0.580. The predicted octanol–water partition coefficient (Wildman–Crippen LogP) is 3.49. The van der Waals surface area contributed by atoms with E-state index in [4.69, 9.17) is 4.74 Å². The second-order valence-electron chi connectivity index (χ2n) is 5.80. The van der Waals surface area contributed by atoms with E-state index in [2.05, 4.69) is 0 Å². The SMILES string of the molecule is CC1(C)CC(C(=O)CCC(F)(F)F)C(C)(C)O1. The summed E-state index contributed by atoms with van der Waals surface area (Å²) in [6.07, 6.45) is -5.28. The minimum Gasteiger partial charge on any atom is -0.369 e. The lowest BCUT2D eigenvalue weighted by molar-refractivity contribution is -0.147. The molecule has 2 nitrogen and oxygen atoms in total. The summed E-state index contributed by atoms with van der Waals surface area (Å²) in [5.74, 6) is -0.794. The van der Waals surface area contributed by atoms with Gasteiger partial charge in [-0.3, -0.25) is 4.79 Å². The van der Waals surface area contributed by atoms with Gasteiger partial charge in [0.1, 0.15) is 5.78 Å².